The zero-order chi connectivity index (χ0) is 11.6. The SMILES string of the molecule is COC1CCC(C)(c2ccc(F)cc2)CC1. The highest BCUT2D eigenvalue weighted by molar-refractivity contribution is 5.25. The third kappa shape index (κ3) is 2.27. The Morgan fingerprint density at radius 3 is 2.25 bits per heavy atom. The predicted molar refractivity (Wildman–Crippen MR) is 63.0 cm³/mol. The van der Waals surface area contributed by atoms with E-state index in [1.807, 2.05) is 12.1 Å². The fourth-order valence-corrected chi connectivity index (χ4v) is 2.61. The zero-order valence-corrected chi connectivity index (χ0v) is 10.0. The van der Waals surface area contributed by atoms with E-state index in [-0.39, 0.29) is 11.2 Å². The van der Waals surface area contributed by atoms with Crippen LogP contribution in [-0.4, -0.2) is 13.2 Å². The molecule has 1 aliphatic carbocycles. The molecular formula is C14H19FO. The minimum Gasteiger partial charge on any atom is -0.381 e. The summed E-state index contributed by atoms with van der Waals surface area (Å²) in [7, 11) is 1.78. The van der Waals surface area contributed by atoms with Gasteiger partial charge in [0.05, 0.1) is 6.10 Å². The highest BCUT2D eigenvalue weighted by atomic mass is 19.1. The van der Waals surface area contributed by atoms with Crippen LogP contribution in [0.3, 0.4) is 0 Å². The fraction of sp³-hybridized carbons (Fsp3) is 0.571. The molecule has 1 saturated carbocycles. The number of halogens is 1. The number of rotatable bonds is 2. The lowest BCUT2D eigenvalue weighted by Crippen LogP contribution is -2.31. The van der Waals surface area contributed by atoms with Crippen LogP contribution in [0.2, 0.25) is 0 Å². The van der Waals surface area contributed by atoms with Crippen LogP contribution in [0.15, 0.2) is 24.3 Å². The van der Waals surface area contributed by atoms with E-state index < -0.39 is 0 Å². The van der Waals surface area contributed by atoms with Gasteiger partial charge in [0, 0.05) is 7.11 Å². The van der Waals surface area contributed by atoms with Crippen LogP contribution in [0, 0.1) is 5.82 Å². The molecule has 0 bridgehead atoms. The zero-order valence-electron chi connectivity index (χ0n) is 10.0. The number of methoxy groups -OCH3 is 1. The van der Waals surface area contributed by atoms with Gasteiger partial charge in [-0.05, 0) is 48.8 Å². The molecule has 0 aromatic heterocycles. The average Bonchev–Trinajstić information content (AvgIpc) is 2.31. The fourth-order valence-electron chi connectivity index (χ4n) is 2.61. The van der Waals surface area contributed by atoms with E-state index in [4.69, 9.17) is 4.74 Å². The van der Waals surface area contributed by atoms with Crippen LogP contribution in [0.5, 0.6) is 0 Å². The van der Waals surface area contributed by atoms with Crippen LogP contribution >= 0.6 is 0 Å². The first-order chi connectivity index (χ1) is 7.64. The van der Waals surface area contributed by atoms with E-state index >= 15 is 0 Å². The Hall–Kier alpha value is -0.890. The topological polar surface area (TPSA) is 9.23 Å². The van der Waals surface area contributed by atoms with Crippen molar-refractivity contribution in [2.75, 3.05) is 7.11 Å². The van der Waals surface area contributed by atoms with E-state index in [1.165, 1.54) is 5.56 Å². The van der Waals surface area contributed by atoms with Crippen molar-refractivity contribution in [3.8, 4) is 0 Å². The summed E-state index contributed by atoms with van der Waals surface area (Å²) in [5, 5.41) is 0. The minimum atomic E-state index is -0.155. The second-order valence-electron chi connectivity index (χ2n) is 5.00. The third-order valence-electron chi connectivity index (χ3n) is 3.91. The van der Waals surface area contributed by atoms with E-state index in [2.05, 4.69) is 6.92 Å². The molecule has 1 aromatic carbocycles. The van der Waals surface area contributed by atoms with Gasteiger partial charge in [-0.3, -0.25) is 0 Å². The van der Waals surface area contributed by atoms with Gasteiger partial charge in [-0.25, -0.2) is 4.39 Å². The summed E-state index contributed by atoms with van der Waals surface area (Å²) >= 11 is 0. The molecule has 0 saturated heterocycles. The predicted octanol–water partition coefficient (Wildman–Crippen LogP) is 3.67. The van der Waals surface area contributed by atoms with E-state index in [0.717, 1.165) is 25.7 Å². The number of benzene rings is 1. The smallest absolute Gasteiger partial charge is 0.123 e. The first-order valence-electron chi connectivity index (χ1n) is 5.93. The minimum absolute atomic E-state index is 0.155. The van der Waals surface area contributed by atoms with E-state index in [0.29, 0.717) is 6.10 Å². The summed E-state index contributed by atoms with van der Waals surface area (Å²) in [4.78, 5) is 0. The van der Waals surface area contributed by atoms with Crippen molar-refractivity contribution in [1.29, 1.82) is 0 Å². The largest absolute Gasteiger partial charge is 0.381 e. The van der Waals surface area contributed by atoms with Gasteiger partial charge in [0.2, 0.25) is 0 Å². The van der Waals surface area contributed by atoms with E-state index in [1.54, 1.807) is 19.2 Å². The molecule has 0 aliphatic heterocycles. The highest BCUT2D eigenvalue weighted by Gasteiger charge is 2.32. The third-order valence-corrected chi connectivity index (χ3v) is 3.91. The monoisotopic (exact) mass is 222 g/mol. The Morgan fingerprint density at radius 1 is 1.19 bits per heavy atom. The van der Waals surface area contributed by atoms with Gasteiger partial charge in [-0.15, -0.1) is 0 Å². The van der Waals surface area contributed by atoms with Crippen LogP contribution in [0.1, 0.15) is 38.2 Å². The van der Waals surface area contributed by atoms with Crippen LogP contribution in [0.4, 0.5) is 4.39 Å². The van der Waals surface area contributed by atoms with Crippen LogP contribution < -0.4 is 0 Å². The van der Waals surface area contributed by atoms with Crippen molar-refractivity contribution in [3.63, 3.8) is 0 Å². The maximum absolute atomic E-state index is 12.9. The number of hydrogen-bond acceptors (Lipinski definition) is 1. The van der Waals surface area contributed by atoms with Gasteiger partial charge in [-0.1, -0.05) is 19.1 Å². The highest BCUT2D eigenvalue weighted by Crippen LogP contribution is 2.39. The van der Waals surface area contributed by atoms with Gasteiger partial charge < -0.3 is 4.74 Å². The molecule has 0 N–H and O–H groups in total. The average molecular weight is 222 g/mol. The molecule has 2 heteroatoms. The number of ether oxygens (including phenoxy) is 1. The van der Waals surface area contributed by atoms with Crippen molar-refractivity contribution in [1.82, 2.24) is 0 Å². The molecular weight excluding hydrogens is 203 g/mol. The maximum atomic E-state index is 12.9. The van der Waals surface area contributed by atoms with Crippen molar-refractivity contribution in [2.24, 2.45) is 0 Å². The molecule has 0 amide bonds. The molecule has 0 atom stereocenters. The molecule has 1 aromatic rings. The summed E-state index contributed by atoms with van der Waals surface area (Å²) in [6, 6.07) is 6.96. The maximum Gasteiger partial charge on any atom is 0.123 e. The first-order valence-corrected chi connectivity index (χ1v) is 5.93. The Kier molecular flexibility index (Phi) is 3.29. The van der Waals surface area contributed by atoms with Gasteiger partial charge >= 0.3 is 0 Å². The van der Waals surface area contributed by atoms with Crippen molar-refractivity contribution < 1.29 is 9.13 Å². The standard InChI is InChI=1S/C14H19FO/c1-14(9-7-13(16-2)8-10-14)11-3-5-12(15)6-4-11/h3-6,13H,7-10H2,1-2H3. The lowest BCUT2D eigenvalue weighted by Gasteiger charge is -2.37. The molecule has 1 fully saturated rings. The Bertz CT molecular complexity index is 336. The summed E-state index contributed by atoms with van der Waals surface area (Å²) in [6.45, 7) is 2.27. The Morgan fingerprint density at radius 2 is 1.75 bits per heavy atom. The van der Waals surface area contributed by atoms with Crippen molar-refractivity contribution in [2.45, 2.75) is 44.1 Å². The summed E-state index contributed by atoms with van der Waals surface area (Å²) in [5.74, 6) is -0.155. The van der Waals surface area contributed by atoms with Crippen LogP contribution in [0.25, 0.3) is 0 Å². The Balaban J connectivity index is 2.11. The number of hydrogen-bond donors (Lipinski definition) is 0. The second kappa shape index (κ2) is 4.54. The first kappa shape index (κ1) is 11.6. The van der Waals surface area contributed by atoms with Gasteiger partial charge in [0.1, 0.15) is 5.82 Å². The molecule has 1 aliphatic rings. The van der Waals surface area contributed by atoms with Gasteiger partial charge in [0.25, 0.3) is 0 Å². The normalized spacial score (nSPS) is 30.3. The van der Waals surface area contributed by atoms with Crippen molar-refractivity contribution >= 4 is 0 Å². The van der Waals surface area contributed by atoms with Gasteiger partial charge in [0.15, 0.2) is 0 Å². The lowest BCUT2D eigenvalue weighted by molar-refractivity contribution is 0.0516. The molecule has 0 heterocycles. The summed E-state index contributed by atoms with van der Waals surface area (Å²) < 4.78 is 18.3. The lowest BCUT2D eigenvalue weighted by atomic mass is 9.70. The molecule has 16 heavy (non-hydrogen) atoms. The summed E-state index contributed by atoms with van der Waals surface area (Å²) in [6.07, 6.45) is 4.86. The molecule has 2 rings (SSSR count). The summed E-state index contributed by atoms with van der Waals surface area (Å²) in [5.41, 5.74) is 1.45. The van der Waals surface area contributed by atoms with E-state index in [9.17, 15) is 4.39 Å². The van der Waals surface area contributed by atoms with Crippen molar-refractivity contribution in [3.05, 3.63) is 35.6 Å². The molecule has 0 radical (unpaired) electrons. The van der Waals surface area contributed by atoms with Gasteiger partial charge in [-0.2, -0.15) is 0 Å². The molecule has 0 spiro atoms. The second-order valence-corrected chi connectivity index (χ2v) is 5.00. The molecule has 0 unspecified atom stereocenters. The molecule has 88 valence electrons. The quantitative estimate of drug-likeness (QED) is 0.741. The Labute approximate surface area is 96.6 Å². The van der Waals surface area contributed by atoms with Crippen LogP contribution in [-0.2, 0) is 10.2 Å². The molecule has 1 nitrogen and oxygen atoms in total.